The second kappa shape index (κ2) is 3.77. The van der Waals surface area contributed by atoms with Gasteiger partial charge in [-0.1, -0.05) is 11.6 Å². The molecule has 0 saturated heterocycles. The summed E-state index contributed by atoms with van der Waals surface area (Å²) in [5.74, 6) is 0. The van der Waals surface area contributed by atoms with E-state index in [0.717, 1.165) is 12.1 Å². The quantitative estimate of drug-likeness (QED) is 0.714. The van der Waals surface area contributed by atoms with Crippen molar-refractivity contribution in [3.63, 3.8) is 0 Å². The Labute approximate surface area is 99.2 Å². The number of pyridine rings is 1. The monoisotopic (exact) mass is 261 g/mol. The minimum absolute atomic E-state index is 0.174. The third kappa shape index (κ3) is 2.02. The molecule has 1 aromatic heterocycles. The van der Waals surface area contributed by atoms with Gasteiger partial charge in [0.2, 0.25) is 0 Å². The fourth-order valence-corrected chi connectivity index (χ4v) is 1.89. The number of alkyl halides is 3. The van der Waals surface area contributed by atoms with Crippen molar-refractivity contribution in [2.75, 3.05) is 0 Å². The fraction of sp³-hybridized carbons (Fsp3) is 0.182. The summed E-state index contributed by atoms with van der Waals surface area (Å²) < 4.78 is 39.4. The average Bonchev–Trinajstić information content (AvgIpc) is 2.21. The lowest BCUT2D eigenvalue weighted by Crippen LogP contribution is -2.10. The molecule has 0 unspecified atom stereocenters. The van der Waals surface area contributed by atoms with E-state index in [2.05, 4.69) is 0 Å². The zero-order valence-corrected chi connectivity index (χ0v) is 9.43. The van der Waals surface area contributed by atoms with Crippen molar-refractivity contribution in [3.8, 4) is 0 Å². The van der Waals surface area contributed by atoms with Gasteiger partial charge >= 0.3 is 6.18 Å². The molecule has 0 spiro atoms. The minimum atomic E-state index is -4.53. The van der Waals surface area contributed by atoms with E-state index in [4.69, 9.17) is 11.6 Å². The van der Waals surface area contributed by atoms with Crippen LogP contribution in [0, 0.1) is 0 Å². The van der Waals surface area contributed by atoms with Gasteiger partial charge < -0.3 is 4.57 Å². The van der Waals surface area contributed by atoms with Crippen molar-refractivity contribution >= 4 is 22.5 Å². The number of nitrogens with zero attached hydrogens (tertiary/aromatic N) is 1. The highest BCUT2D eigenvalue weighted by Gasteiger charge is 2.33. The number of fused-ring (bicyclic) bond motifs is 1. The van der Waals surface area contributed by atoms with Gasteiger partial charge in [0.15, 0.2) is 5.43 Å². The van der Waals surface area contributed by atoms with Crippen LogP contribution in [0.2, 0.25) is 5.02 Å². The first-order valence-electron chi connectivity index (χ1n) is 4.67. The summed E-state index contributed by atoms with van der Waals surface area (Å²) in [5.41, 5.74) is -1.09. The van der Waals surface area contributed by atoms with Gasteiger partial charge in [-0.2, -0.15) is 13.2 Å². The van der Waals surface area contributed by atoms with E-state index in [9.17, 15) is 18.0 Å². The zero-order chi connectivity index (χ0) is 12.8. The molecule has 0 radical (unpaired) electrons. The van der Waals surface area contributed by atoms with Crippen molar-refractivity contribution < 1.29 is 13.2 Å². The number of hydrogen-bond acceptors (Lipinski definition) is 1. The maximum atomic E-state index is 12.6. The van der Waals surface area contributed by atoms with Gasteiger partial charge in [0, 0.05) is 24.7 Å². The number of rotatable bonds is 0. The summed E-state index contributed by atoms with van der Waals surface area (Å²) in [7, 11) is 1.57. The lowest BCUT2D eigenvalue weighted by atomic mass is 10.1. The van der Waals surface area contributed by atoms with E-state index >= 15 is 0 Å². The van der Waals surface area contributed by atoms with Crippen LogP contribution in [-0.2, 0) is 13.2 Å². The normalized spacial score (nSPS) is 12.1. The van der Waals surface area contributed by atoms with Crippen LogP contribution in [0.15, 0.2) is 29.2 Å². The molecule has 2 aromatic rings. The van der Waals surface area contributed by atoms with Crippen LogP contribution in [0.5, 0.6) is 0 Å². The van der Waals surface area contributed by atoms with Crippen molar-refractivity contribution in [1.82, 2.24) is 4.57 Å². The third-order valence-electron chi connectivity index (χ3n) is 2.49. The lowest BCUT2D eigenvalue weighted by molar-refractivity contribution is -0.137. The van der Waals surface area contributed by atoms with Crippen LogP contribution < -0.4 is 5.43 Å². The SMILES string of the molecule is Cn1ccc(=O)c2cc(Cl)c(C(F)(F)F)cc21. The van der Waals surface area contributed by atoms with Crippen LogP contribution in [-0.4, -0.2) is 4.57 Å². The Morgan fingerprint density at radius 2 is 1.94 bits per heavy atom. The first kappa shape index (κ1) is 12.0. The molecule has 2 rings (SSSR count). The van der Waals surface area contributed by atoms with Crippen LogP contribution >= 0.6 is 11.6 Å². The van der Waals surface area contributed by atoms with Crippen LogP contribution in [0.25, 0.3) is 10.9 Å². The predicted molar refractivity (Wildman–Crippen MR) is 59.2 cm³/mol. The molecule has 17 heavy (non-hydrogen) atoms. The Balaban J connectivity index is 2.90. The van der Waals surface area contributed by atoms with Gasteiger partial charge in [-0.05, 0) is 12.1 Å². The molecular formula is C11H7ClF3NO. The molecular weight excluding hydrogens is 255 g/mol. The van der Waals surface area contributed by atoms with Crippen molar-refractivity contribution in [2.24, 2.45) is 7.05 Å². The highest BCUT2D eigenvalue weighted by atomic mass is 35.5. The maximum absolute atomic E-state index is 12.6. The number of aryl methyl sites for hydroxylation is 1. The highest BCUT2D eigenvalue weighted by Crippen LogP contribution is 2.36. The van der Waals surface area contributed by atoms with Gasteiger partial charge in [-0.3, -0.25) is 4.79 Å². The minimum Gasteiger partial charge on any atom is -0.350 e. The largest absolute Gasteiger partial charge is 0.417 e. The van der Waals surface area contributed by atoms with E-state index < -0.39 is 16.8 Å². The van der Waals surface area contributed by atoms with E-state index in [1.54, 1.807) is 7.05 Å². The molecule has 6 heteroatoms. The molecule has 2 nitrogen and oxygen atoms in total. The van der Waals surface area contributed by atoms with Gasteiger partial charge in [0.25, 0.3) is 0 Å². The molecule has 1 heterocycles. The molecule has 90 valence electrons. The van der Waals surface area contributed by atoms with Crippen molar-refractivity contribution in [2.45, 2.75) is 6.18 Å². The predicted octanol–water partition coefficient (Wildman–Crippen LogP) is 3.21. The molecule has 0 atom stereocenters. The van der Waals surface area contributed by atoms with E-state index in [-0.39, 0.29) is 16.3 Å². The first-order valence-corrected chi connectivity index (χ1v) is 5.04. The zero-order valence-electron chi connectivity index (χ0n) is 8.68. The second-order valence-electron chi connectivity index (χ2n) is 3.64. The average molecular weight is 262 g/mol. The van der Waals surface area contributed by atoms with Crippen molar-refractivity contribution in [1.29, 1.82) is 0 Å². The molecule has 0 bridgehead atoms. The Morgan fingerprint density at radius 3 is 2.53 bits per heavy atom. The summed E-state index contributed by atoms with van der Waals surface area (Å²) in [4.78, 5) is 11.5. The van der Waals surface area contributed by atoms with E-state index in [1.165, 1.54) is 16.8 Å². The molecule has 0 aliphatic carbocycles. The molecule has 0 aliphatic heterocycles. The number of benzene rings is 1. The molecule has 0 fully saturated rings. The highest BCUT2D eigenvalue weighted by molar-refractivity contribution is 6.32. The summed E-state index contributed by atoms with van der Waals surface area (Å²) >= 11 is 5.54. The first-order chi connectivity index (χ1) is 7.80. The third-order valence-corrected chi connectivity index (χ3v) is 2.80. The Bertz CT molecular complexity index is 645. The standard InChI is InChI=1S/C11H7ClF3NO/c1-16-3-2-10(17)6-4-8(12)7(5-9(6)16)11(13,14)15/h2-5H,1H3. The molecule has 0 N–H and O–H groups in total. The Hall–Kier alpha value is -1.49. The maximum Gasteiger partial charge on any atom is 0.417 e. The van der Waals surface area contributed by atoms with Gasteiger partial charge in [-0.25, -0.2) is 0 Å². The summed E-state index contributed by atoms with van der Waals surface area (Å²) in [5, 5.41) is -0.290. The van der Waals surface area contributed by atoms with Crippen LogP contribution in [0.4, 0.5) is 13.2 Å². The van der Waals surface area contributed by atoms with Crippen LogP contribution in [0.3, 0.4) is 0 Å². The summed E-state index contributed by atoms with van der Waals surface area (Å²) in [6, 6.07) is 3.23. The van der Waals surface area contributed by atoms with Crippen molar-refractivity contribution in [3.05, 3.63) is 45.2 Å². The van der Waals surface area contributed by atoms with Gasteiger partial charge in [-0.15, -0.1) is 0 Å². The fourth-order valence-electron chi connectivity index (χ4n) is 1.62. The summed E-state index contributed by atoms with van der Waals surface area (Å²) in [6.07, 6.45) is -3.12. The van der Waals surface area contributed by atoms with E-state index in [0.29, 0.717) is 0 Å². The Morgan fingerprint density at radius 1 is 1.29 bits per heavy atom. The van der Waals surface area contributed by atoms with Gasteiger partial charge in [0.1, 0.15) is 0 Å². The number of halogens is 4. The van der Waals surface area contributed by atoms with Crippen LogP contribution in [0.1, 0.15) is 5.56 Å². The topological polar surface area (TPSA) is 22.0 Å². The summed E-state index contributed by atoms with van der Waals surface area (Å²) in [6.45, 7) is 0. The molecule has 0 amide bonds. The Kier molecular flexibility index (Phi) is 2.66. The van der Waals surface area contributed by atoms with Gasteiger partial charge in [0.05, 0.1) is 16.1 Å². The molecule has 0 saturated carbocycles. The number of hydrogen-bond donors (Lipinski definition) is 0. The molecule has 0 aliphatic rings. The van der Waals surface area contributed by atoms with E-state index in [1.807, 2.05) is 0 Å². The second-order valence-corrected chi connectivity index (χ2v) is 4.05. The lowest BCUT2D eigenvalue weighted by Gasteiger charge is -2.11. The smallest absolute Gasteiger partial charge is 0.350 e. The molecule has 1 aromatic carbocycles. The number of aromatic nitrogens is 1.